The minimum atomic E-state index is -3.88. The van der Waals surface area contributed by atoms with Crippen LogP contribution in [0.3, 0.4) is 0 Å². The minimum absolute atomic E-state index is 0.0542. The summed E-state index contributed by atoms with van der Waals surface area (Å²) in [6.45, 7) is 12.0. The van der Waals surface area contributed by atoms with E-state index in [1.807, 2.05) is 0 Å². The van der Waals surface area contributed by atoms with Crippen molar-refractivity contribution in [2.75, 3.05) is 51.3 Å². The topological polar surface area (TPSA) is 105 Å². The van der Waals surface area contributed by atoms with Crippen LogP contribution in [0.2, 0.25) is 0 Å². The Kier molecular flexibility index (Phi) is 9.02. The van der Waals surface area contributed by atoms with Crippen molar-refractivity contribution in [2.24, 2.45) is 5.92 Å². The summed E-state index contributed by atoms with van der Waals surface area (Å²) >= 11 is 0. The molecule has 1 saturated heterocycles. The van der Waals surface area contributed by atoms with Crippen LogP contribution in [0.1, 0.15) is 34.1 Å². The third-order valence-corrected chi connectivity index (χ3v) is 7.30. The van der Waals surface area contributed by atoms with Gasteiger partial charge in [-0.05, 0) is 31.5 Å². The minimum Gasteiger partial charge on any atom is -0.382 e. The van der Waals surface area contributed by atoms with Crippen LogP contribution in [0.5, 0.6) is 0 Å². The summed E-state index contributed by atoms with van der Waals surface area (Å²) in [4.78, 5) is 13.0. The van der Waals surface area contributed by atoms with E-state index in [0.717, 1.165) is 25.6 Å². The lowest BCUT2D eigenvalue weighted by atomic mass is 10.0. The van der Waals surface area contributed by atoms with Crippen molar-refractivity contribution in [3.8, 4) is 0 Å². The van der Waals surface area contributed by atoms with E-state index in [9.17, 15) is 18.5 Å². The molecule has 30 heavy (non-hydrogen) atoms. The van der Waals surface area contributed by atoms with Crippen LogP contribution < -0.4 is 5.32 Å². The van der Waals surface area contributed by atoms with Crippen molar-refractivity contribution < 1.29 is 18.1 Å². The fourth-order valence-corrected chi connectivity index (χ4v) is 5.38. The summed E-state index contributed by atoms with van der Waals surface area (Å²) in [7, 11) is -3.88. The Morgan fingerprint density at radius 2 is 1.87 bits per heavy atom. The molecule has 1 aromatic carbocycles. The van der Waals surface area contributed by atoms with Crippen LogP contribution >= 0.6 is 0 Å². The summed E-state index contributed by atoms with van der Waals surface area (Å²) in [5, 5.41) is 14.5. The van der Waals surface area contributed by atoms with Gasteiger partial charge in [0.15, 0.2) is 0 Å². The van der Waals surface area contributed by atoms with Gasteiger partial charge in [-0.15, -0.1) is 0 Å². The third-order valence-electron chi connectivity index (χ3n) is 5.36. The Morgan fingerprint density at radius 3 is 2.40 bits per heavy atom. The molecule has 0 aliphatic carbocycles. The normalized spacial score (nSPS) is 16.7. The number of likely N-dealkylation sites (N-methyl/N-ethyl adjacent to an activating group) is 1. The highest BCUT2D eigenvalue weighted by atomic mass is 32.2. The zero-order chi connectivity index (χ0) is 22.3. The van der Waals surface area contributed by atoms with Crippen molar-refractivity contribution in [1.29, 1.82) is 0 Å². The van der Waals surface area contributed by atoms with E-state index < -0.39 is 14.9 Å². The molecule has 1 aliphatic rings. The highest BCUT2D eigenvalue weighted by molar-refractivity contribution is 7.89. The van der Waals surface area contributed by atoms with Gasteiger partial charge < -0.3 is 10.1 Å². The SMILES string of the molecule is CCN(CC)[C@@H](CNc1ccc([N+](=O)[O-])cc1S(=O)(=O)N1CCOCC1)CC(C)C. The lowest BCUT2D eigenvalue weighted by Crippen LogP contribution is -2.42. The second kappa shape index (κ2) is 11.0. The first-order chi connectivity index (χ1) is 14.2. The fourth-order valence-electron chi connectivity index (χ4n) is 3.78. The van der Waals surface area contributed by atoms with Crippen molar-refractivity contribution in [1.82, 2.24) is 9.21 Å². The largest absolute Gasteiger partial charge is 0.382 e. The first-order valence-corrected chi connectivity index (χ1v) is 12.0. The molecule has 0 saturated carbocycles. The Balaban J connectivity index is 2.35. The molecule has 170 valence electrons. The van der Waals surface area contributed by atoms with Gasteiger partial charge in [0.2, 0.25) is 10.0 Å². The van der Waals surface area contributed by atoms with Crippen molar-refractivity contribution in [3.05, 3.63) is 28.3 Å². The predicted molar refractivity (Wildman–Crippen MR) is 117 cm³/mol. The molecule has 0 spiro atoms. The number of nitro groups is 1. The number of benzene rings is 1. The monoisotopic (exact) mass is 442 g/mol. The van der Waals surface area contributed by atoms with Gasteiger partial charge in [-0.1, -0.05) is 27.7 Å². The van der Waals surface area contributed by atoms with E-state index in [4.69, 9.17) is 4.74 Å². The fraction of sp³-hybridized carbons (Fsp3) is 0.700. The average molecular weight is 443 g/mol. The van der Waals surface area contributed by atoms with Gasteiger partial charge in [-0.2, -0.15) is 4.31 Å². The lowest BCUT2D eigenvalue weighted by Gasteiger charge is -2.32. The molecular weight excluding hydrogens is 408 g/mol. The van der Waals surface area contributed by atoms with E-state index in [1.54, 1.807) is 0 Å². The molecule has 1 fully saturated rings. The van der Waals surface area contributed by atoms with Crippen LogP contribution in [0, 0.1) is 16.0 Å². The molecule has 1 atom stereocenters. The Hall–Kier alpha value is -1.75. The number of hydrogen-bond donors (Lipinski definition) is 1. The van der Waals surface area contributed by atoms with Gasteiger partial charge in [-0.25, -0.2) is 8.42 Å². The number of nitrogens with one attached hydrogen (secondary N) is 1. The summed E-state index contributed by atoms with van der Waals surface area (Å²) < 4.78 is 33.1. The molecule has 1 aromatic rings. The quantitative estimate of drug-likeness (QED) is 0.415. The number of non-ortho nitro benzene ring substituents is 1. The van der Waals surface area contributed by atoms with E-state index in [2.05, 4.69) is 37.9 Å². The number of morpholine rings is 1. The zero-order valence-electron chi connectivity index (χ0n) is 18.3. The molecule has 0 radical (unpaired) electrons. The maximum atomic E-state index is 13.2. The average Bonchev–Trinajstić information content (AvgIpc) is 2.72. The molecule has 0 aromatic heterocycles. The van der Waals surface area contributed by atoms with E-state index in [0.29, 0.717) is 31.4 Å². The molecule has 10 heteroatoms. The maximum Gasteiger partial charge on any atom is 0.270 e. The van der Waals surface area contributed by atoms with E-state index in [-0.39, 0.29) is 29.7 Å². The molecule has 0 unspecified atom stereocenters. The number of hydrogen-bond acceptors (Lipinski definition) is 7. The molecule has 1 N–H and O–H groups in total. The standard InChI is InChI=1S/C20H34N4O5S/c1-5-22(6-2)18(13-16(3)4)15-21-19-8-7-17(24(25)26)14-20(19)30(27,28)23-9-11-29-12-10-23/h7-8,14,16,18,21H,5-6,9-13,15H2,1-4H3/t18-/m1/s1. The first-order valence-electron chi connectivity index (χ1n) is 10.5. The van der Waals surface area contributed by atoms with Crippen LogP contribution in [0.15, 0.2) is 23.1 Å². The third kappa shape index (κ3) is 6.13. The summed E-state index contributed by atoms with van der Waals surface area (Å²) in [5.41, 5.74) is 0.155. The van der Waals surface area contributed by atoms with Gasteiger partial charge in [0.1, 0.15) is 4.90 Å². The van der Waals surface area contributed by atoms with Gasteiger partial charge in [-0.3, -0.25) is 15.0 Å². The number of anilines is 1. The van der Waals surface area contributed by atoms with Gasteiger partial charge in [0.05, 0.1) is 23.8 Å². The van der Waals surface area contributed by atoms with E-state index >= 15 is 0 Å². The Labute approximate surface area is 179 Å². The van der Waals surface area contributed by atoms with Crippen LogP contribution in [-0.4, -0.2) is 74.5 Å². The number of nitro benzene ring substituents is 1. The Bertz CT molecular complexity index is 805. The number of ether oxygens (including phenoxy) is 1. The van der Waals surface area contributed by atoms with Gasteiger partial charge >= 0.3 is 0 Å². The summed E-state index contributed by atoms with van der Waals surface area (Å²) in [6.07, 6.45) is 0.965. The highest BCUT2D eigenvalue weighted by Crippen LogP contribution is 2.30. The zero-order valence-corrected chi connectivity index (χ0v) is 19.2. The van der Waals surface area contributed by atoms with Crippen LogP contribution in [0.25, 0.3) is 0 Å². The van der Waals surface area contributed by atoms with Crippen molar-refractivity contribution in [2.45, 2.75) is 45.1 Å². The van der Waals surface area contributed by atoms with E-state index in [1.165, 1.54) is 16.4 Å². The summed E-state index contributed by atoms with van der Waals surface area (Å²) in [5.74, 6) is 0.491. The molecule has 0 bridgehead atoms. The lowest BCUT2D eigenvalue weighted by molar-refractivity contribution is -0.385. The van der Waals surface area contributed by atoms with Gasteiger partial charge in [0, 0.05) is 37.8 Å². The van der Waals surface area contributed by atoms with Crippen LogP contribution in [0.4, 0.5) is 11.4 Å². The van der Waals surface area contributed by atoms with Crippen LogP contribution in [-0.2, 0) is 14.8 Å². The molecule has 0 amide bonds. The predicted octanol–water partition coefficient (Wildman–Crippen LogP) is 2.78. The second-order valence-corrected chi connectivity index (χ2v) is 9.75. The number of sulfonamides is 1. The van der Waals surface area contributed by atoms with Crippen molar-refractivity contribution >= 4 is 21.4 Å². The number of rotatable bonds is 11. The van der Waals surface area contributed by atoms with Crippen molar-refractivity contribution in [3.63, 3.8) is 0 Å². The summed E-state index contributed by atoms with van der Waals surface area (Å²) in [6, 6.07) is 4.23. The second-order valence-electron chi connectivity index (χ2n) is 7.84. The molecule has 1 heterocycles. The Morgan fingerprint density at radius 1 is 1.23 bits per heavy atom. The van der Waals surface area contributed by atoms with Gasteiger partial charge in [0.25, 0.3) is 5.69 Å². The molecule has 9 nitrogen and oxygen atoms in total. The first kappa shape index (κ1) is 24.5. The smallest absolute Gasteiger partial charge is 0.270 e. The number of nitrogens with zero attached hydrogens (tertiary/aromatic N) is 3. The highest BCUT2D eigenvalue weighted by Gasteiger charge is 2.30. The molecule has 1 aliphatic heterocycles. The molecule has 2 rings (SSSR count). The maximum absolute atomic E-state index is 13.2. The molecular formula is C20H34N4O5S.